The molecule has 1 fully saturated rings. The SMILES string of the molecule is CCN1C(=O)/C(=C\c2ccc(OCC(N)=O)c(OC)c2)SC1=Nc1ccc(C)cc1. The van der Waals surface area contributed by atoms with E-state index in [0.717, 1.165) is 16.8 Å². The summed E-state index contributed by atoms with van der Waals surface area (Å²) in [5.41, 5.74) is 7.83. The maximum atomic E-state index is 12.8. The van der Waals surface area contributed by atoms with Gasteiger partial charge in [0.25, 0.3) is 11.8 Å². The molecule has 0 unspecified atom stereocenters. The minimum atomic E-state index is -0.573. The van der Waals surface area contributed by atoms with Crippen LogP contribution in [-0.2, 0) is 9.59 Å². The van der Waals surface area contributed by atoms with Crippen LogP contribution in [0, 0.1) is 6.92 Å². The highest BCUT2D eigenvalue weighted by Gasteiger charge is 2.32. The lowest BCUT2D eigenvalue weighted by atomic mass is 10.2. The minimum absolute atomic E-state index is 0.0959. The third-order valence-electron chi connectivity index (χ3n) is 4.32. The molecule has 1 heterocycles. The Bertz CT molecular complexity index is 1020. The molecule has 2 amide bonds. The first kappa shape index (κ1) is 21.4. The third kappa shape index (κ3) is 5.01. The topological polar surface area (TPSA) is 94.2 Å². The van der Waals surface area contributed by atoms with Crippen LogP contribution in [0.2, 0.25) is 0 Å². The van der Waals surface area contributed by atoms with E-state index < -0.39 is 5.91 Å². The van der Waals surface area contributed by atoms with Crippen LogP contribution in [0.5, 0.6) is 11.5 Å². The highest BCUT2D eigenvalue weighted by atomic mass is 32.2. The predicted molar refractivity (Wildman–Crippen MR) is 119 cm³/mol. The molecule has 2 N–H and O–H groups in total. The number of amides is 2. The molecule has 0 atom stereocenters. The van der Waals surface area contributed by atoms with Gasteiger partial charge in [-0.2, -0.15) is 0 Å². The van der Waals surface area contributed by atoms with Crippen LogP contribution in [0.15, 0.2) is 52.4 Å². The first-order chi connectivity index (χ1) is 14.4. The normalized spacial score (nSPS) is 16.4. The van der Waals surface area contributed by atoms with E-state index in [-0.39, 0.29) is 12.5 Å². The average molecular weight is 426 g/mol. The largest absolute Gasteiger partial charge is 0.493 e. The number of rotatable bonds is 7. The Kier molecular flexibility index (Phi) is 6.79. The molecule has 156 valence electrons. The van der Waals surface area contributed by atoms with Crippen molar-refractivity contribution < 1.29 is 19.1 Å². The van der Waals surface area contributed by atoms with E-state index in [4.69, 9.17) is 15.2 Å². The van der Waals surface area contributed by atoms with Crippen LogP contribution >= 0.6 is 11.8 Å². The maximum absolute atomic E-state index is 12.8. The summed E-state index contributed by atoms with van der Waals surface area (Å²) in [6.07, 6.45) is 1.79. The summed E-state index contributed by atoms with van der Waals surface area (Å²) in [4.78, 5) is 30.6. The van der Waals surface area contributed by atoms with Gasteiger partial charge >= 0.3 is 0 Å². The molecule has 0 aliphatic carbocycles. The number of amidine groups is 1. The molecule has 0 saturated carbocycles. The monoisotopic (exact) mass is 425 g/mol. The number of aliphatic imine (C=N–C) groups is 1. The molecule has 0 bridgehead atoms. The highest BCUT2D eigenvalue weighted by Crippen LogP contribution is 2.35. The molecule has 3 rings (SSSR count). The summed E-state index contributed by atoms with van der Waals surface area (Å²) in [6.45, 7) is 4.22. The number of thioether (sulfide) groups is 1. The van der Waals surface area contributed by atoms with Gasteiger partial charge < -0.3 is 15.2 Å². The number of hydrogen-bond acceptors (Lipinski definition) is 6. The fraction of sp³-hybridized carbons (Fsp3) is 0.227. The number of aryl methyl sites for hydroxylation is 1. The maximum Gasteiger partial charge on any atom is 0.266 e. The number of methoxy groups -OCH3 is 1. The molecule has 1 saturated heterocycles. The van der Waals surface area contributed by atoms with Crippen molar-refractivity contribution in [1.29, 1.82) is 0 Å². The number of ether oxygens (including phenoxy) is 2. The van der Waals surface area contributed by atoms with Crippen LogP contribution in [0.4, 0.5) is 5.69 Å². The number of hydrogen-bond donors (Lipinski definition) is 1. The fourth-order valence-electron chi connectivity index (χ4n) is 2.79. The van der Waals surface area contributed by atoms with Crippen molar-refractivity contribution in [2.24, 2.45) is 10.7 Å². The van der Waals surface area contributed by atoms with Gasteiger partial charge in [0.1, 0.15) is 0 Å². The van der Waals surface area contributed by atoms with Crippen molar-refractivity contribution >= 4 is 40.5 Å². The van der Waals surface area contributed by atoms with Crippen LogP contribution in [0.1, 0.15) is 18.1 Å². The van der Waals surface area contributed by atoms with Gasteiger partial charge in [-0.05, 0) is 61.5 Å². The number of likely N-dealkylation sites (N-methyl/N-ethyl adjacent to an activating group) is 1. The van der Waals surface area contributed by atoms with Gasteiger partial charge in [0, 0.05) is 6.54 Å². The van der Waals surface area contributed by atoms with E-state index in [1.807, 2.05) is 38.1 Å². The number of nitrogens with two attached hydrogens (primary N) is 1. The molecule has 7 nitrogen and oxygen atoms in total. The number of carbonyl (C=O) groups excluding carboxylic acids is 2. The summed E-state index contributed by atoms with van der Waals surface area (Å²) in [5, 5.41) is 0.644. The highest BCUT2D eigenvalue weighted by molar-refractivity contribution is 8.18. The Hall–Kier alpha value is -3.26. The van der Waals surface area contributed by atoms with Gasteiger partial charge in [-0.25, -0.2) is 4.99 Å². The summed E-state index contributed by atoms with van der Waals surface area (Å²) < 4.78 is 10.7. The second-order valence-corrected chi connectivity index (χ2v) is 7.56. The standard InChI is InChI=1S/C22H23N3O4S/c1-4-25-21(27)19(30-22(25)24-16-8-5-14(2)6-9-16)12-15-7-10-17(18(11-15)28-3)29-13-20(23)26/h5-12H,4,13H2,1-3H3,(H2,23,26)/b19-12+,24-22?. The Morgan fingerprint density at radius 2 is 1.93 bits per heavy atom. The van der Waals surface area contributed by atoms with Crippen LogP contribution in [0.3, 0.4) is 0 Å². The number of benzene rings is 2. The molecule has 30 heavy (non-hydrogen) atoms. The molecular formula is C22H23N3O4S. The lowest BCUT2D eigenvalue weighted by Gasteiger charge is -2.12. The number of carbonyl (C=O) groups is 2. The van der Waals surface area contributed by atoms with Gasteiger partial charge in [-0.3, -0.25) is 14.5 Å². The summed E-state index contributed by atoms with van der Waals surface area (Å²) >= 11 is 1.33. The summed E-state index contributed by atoms with van der Waals surface area (Å²) in [6, 6.07) is 13.0. The van der Waals surface area contributed by atoms with Gasteiger partial charge in [-0.15, -0.1) is 0 Å². The molecule has 2 aromatic rings. The van der Waals surface area contributed by atoms with Gasteiger partial charge in [-0.1, -0.05) is 23.8 Å². The van der Waals surface area contributed by atoms with E-state index in [1.165, 1.54) is 18.9 Å². The smallest absolute Gasteiger partial charge is 0.266 e. The zero-order chi connectivity index (χ0) is 21.7. The van der Waals surface area contributed by atoms with Crippen LogP contribution in [0.25, 0.3) is 6.08 Å². The molecular weight excluding hydrogens is 402 g/mol. The average Bonchev–Trinajstić information content (AvgIpc) is 3.02. The Morgan fingerprint density at radius 1 is 1.20 bits per heavy atom. The van der Waals surface area contributed by atoms with Gasteiger partial charge in [0.2, 0.25) is 0 Å². The summed E-state index contributed by atoms with van der Waals surface area (Å²) in [7, 11) is 1.50. The molecule has 2 aromatic carbocycles. The van der Waals surface area contributed by atoms with Crippen molar-refractivity contribution in [3.63, 3.8) is 0 Å². The van der Waals surface area contributed by atoms with Crippen molar-refractivity contribution in [3.8, 4) is 11.5 Å². The summed E-state index contributed by atoms with van der Waals surface area (Å²) in [5.74, 6) is 0.181. The molecule has 1 aliphatic heterocycles. The first-order valence-corrected chi connectivity index (χ1v) is 10.2. The minimum Gasteiger partial charge on any atom is -0.493 e. The quantitative estimate of drug-likeness (QED) is 0.686. The first-order valence-electron chi connectivity index (χ1n) is 9.37. The molecule has 0 radical (unpaired) electrons. The number of primary amides is 1. The zero-order valence-corrected chi connectivity index (χ0v) is 17.9. The zero-order valence-electron chi connectivity index (χ0n) is 17.0. The van der Waals surface area contributed by atoms with Gasteiger partial charge in [0.15, 0.2) is 23.3 Å². The third-order valence-corrected chi connectivity index (χ3v) is 5.33. The van der Waals surface area contributed by atoms with Crippen LogP contribution < -0.4 is 15.2 Å². The van der Waals surface area contributed by atoms with Gasteiger partial charge in [0.05, 0.1) is 17.7 Å². The van der Waals surface area contributed by atoms with E-state index in [1.54, 1.807) is 29.2 Å². The van der Waals surface area contributed by atoms with Crippen molar-refractivity contribution in [2.75, 3.05) is 20.3 Å². The Labute approximate surface area is 179 Å². The fourth-order valence-corrected chi connectivity index (χ4v) is 3.86. The van der Waals surface area contributed by atoms with Crippen molar-refractivity contribution in [2.45, 2.75) is 13.8 Å². The predicted octanol–water partition coefficient (Wildman–Crippen LogP) is 3.49. The number of nitrogens with zero attached hydrogens (tertiary/aromatic N) is 2. The van der Waals surface area contributed by atoms with Crippen molar-refractivity contribution in [3.05, 3.63) is 58.5 Å². The second kappa shape index (κ2) is 9.49. The molecule has 1 aliphatic rings. The molecule has 0 aromatic heterocycles. The van der Waals surface area contributed by atoms with E-state index in [2.05, 4.69) is 4.99 Å². The van der Waals surface area contributed by atoms with E-state index >= 15 is 0 Å². The van der Waals surface area contributed by atoms with E-state index in [9.17, 15) is 9.59 Å². The van der Waals surface area contributed by atoms with Crippen LogP contribution in [-0.4, -0.2) is 42.1 Å². The second-order valence-electron chi connectivity index (χ2n) is 6.56. The Morgan fingerprint density at radius 3 is 2.57 bits per heavy atom. The lowest BCUT2D eigenvalue weighted by Crippen LogP contribution is -2.28. The molecule has 8 heteroatoms. The van der Waals surface area contributed by atoms with Crippen molar-refractivity contribution in [1.82, 2.24) is 4.90 Å². The molecule has 0 spiro atoms. The Balaban J connectivity index is 1.87. The lowest BCUT2D eigenvalue weighted by molar-refractivity contribution is -0.122. The van der Waals surface area contributed by atoms with E-state index in [0.29, 0.717) is 28.1 Å².